The van der Waals surface area contributed by atoms with Gasteiger partial charge in [0.2, 0.25) is 0 Å². The molecule has 1 unspecified atom stereocenters. The molecule has 8 heteroatoms. The van der Waals surface area contributed by atoms with E-state index < -0.39 is 32.6 Å². The number of fused-ring (bicyclic) bond motifs is 5. The Labute approximate surface area is 190 Å². The zero-order valence-corrected chi connectivity index (χ0v) is 20.8. The molecule has 0 amide bonds. The first kappa shape index (κ1) is 24.4. The second kappa shape index (κ2) is 6.67. The molecule has 184 valence electrons. The lowest BCUT2D eigenvalue weighted by atomic mass is 9.31. The van der Waals surface area contributed by atoms with Crippen molar-refractivity contribution in [2.24, 2.45) is 38.9 Å². The Balaban J connectivity index is 1.74. The maximum atomic E-state index is 13.0. The van der Waals surface area contributed by atoms with Crippen LogP contribution >= 0.6 is 0 Å². The predicted molar refractivity (Wildman–Crippen MR) is 116 cm³/mol. The van der Waals surface area contributed by atoms with Gasteiger partial charge < -0.3 is 9.29 Å². The average molecular weight is 479 g/mol. The van der Waals surface area contributed by atoms with Gasteiger partial charge in [0.15, 0.2) is 0 Å². The van der Waals surface area contributed by atoms with Crippen LogP contribution < -0.4 is 0 Å². The molecular formula is C24H37F3O4S. The van der Waals surface area contributed by atoms with E-state index in [4.69, 9.17) is 4.18 Å². The first-order valence-electron chi connectivity index (χ1n) is 11.8. The van der Waals surface area contributed by atoms with Crippen LogP contribution in [0.3, 0.4) is 0 Å². The van der Waals surface area contributed by atoms with Crippen LogP contribution in [0, 0.1) is 38.9 Å². The maximum absolute atomic E-state index is 13.0. The largest absolute Gasteiger partial charge is 0.534 e. The van der Waals surface area contributed by atoms with Gasteiger partial charge in [0, 0.05) is 5.41 Å². The van der Waals surface area contributed by atoms with Crippen molar-refractivity contribution in [2.75, 3.05) is 0 Å². The minimum atomic E-state index is -5.72. The molecule has 0 bridgehead atoms. The quantitative estimate of drug-likeness (QED) is 0.381. The third-order valence-electron chi connectivity index (χ3n) is 11.3. The Morgan fingerprint density at radius 3 is 2.25 bits per heavy atom. The summed E-state index contributed by atoms with van der Waals surface area (Å²) in [6, 6.07) is 0. The molecule has 4 rings (SSSR count). The van der Waals surface area contributed by atoms with Crippen molar-refractivity contribution < 1.29 is 30.9 Å². The third kappa shape index (κ3) is 2.74. The van der Waals surface area contributed by atoms with Crippen molar-refractivity contribution in [2.45, 2.75) is 98.1 Å². The topological polar surface area (TPSA) is 63.6 Å². The SMILES string of the molecule is C[C@H]1CC[C@]2(C)[C@@]3(C)CC[C@]4(C)C(OS(=O)(=O)C(F)(F)F)=CC[C@@]4(C)[C@@H]3CC(O)[C@@]2(C)C1. The summed E-state index contributed by atoms with van der Waals surface area (Å²) in [6.07, 6.45) is 6.49. The molecule has 0 aromatic heterocycles. The molecule has 0 spiro atoms. The van der Waals surface area contributed by atoms with Gasteiger partial charge in [-0.3, -0.25) is 0 Å². The molecule has 4 aliphatic carbocycles. The highest BCUT2D eigenvalue weighted by molar-refractivity contribution is 7.87. The van der Waals surface area contributed by atoms with Crippen molar-refractivity contribution in [3.05, 3.63) is 11.8 Å². The molecule has 0 saturated heterocycles. The van der Waals surface area contributed by atoms with Crippen LogP contribution in [0.2, 0.25) is 0 Å². The minimum absolute atomic E-state index is 0.0428. The summed E-state index contributed by atoms with van der Waals surface area (Å²) in [7, 11) is -5.72. The van der Waals surface area contributed by atoms with E-state index >= 15 is 0 Å². The molecule has 0 radical (unpaired) electrons. The molecule has 8 atom stereocenters. The molecule has 3 fully saturated rings. The molecule has 4 nitrogen and oxygen atoms in total. The number of aliphatic hydroxyl groups excluding tert-OH is 1. The fourth-order valence-electron chi connectivity index (χ4n) is 8.63. The van der Waals surface area contributed by atoms with Gasteiger partial charge in [0.1, 0.15) is 5.76 Å². The number of hydrogen-bond donors (Lipinski definition) is 1. The Kier molecular flexibility index (Phi) is 5.08. The van der Waals surface area contributed by atoms with E-state index in [0.717, 1.165) is 25.7 Å². The monoisotopic (exact) mass is 478 g/mol. The van der Waals surface area contributed by atoms with Crippen LogP contribution in [-0.2, 0) is 14.3 Å². The Morgan fingerprint density at radius 1 is 1.03 bits per heavy atom. The highest BCUT2D eigenvalue weighted by Gasteiger charge is 2.73. The molecule has 0 aliphatic heterocycles. The van der Waals surface area contributed by atoms with E-state index in [-0.39, 0.29) is 27.9 Å². The molecular weight excluding hydrogens is 441 g/mol. The summed E-state index contributed by atoms with van der Waals surface area (Å²) < 4.78 is 67.5. The summed E-state index contributed by atoms with van der Waals surface area (Å²) >= 11 is 0. The number of alkyl halides is 3. The van der Waals surface area contributed by atoms with Crippen molar-refractivity contribution in [3.8, 4) is 0 Å². The fourth-order valence-corrected chi connectivity index (χ4v) is 9.21. The van der Waals surface area contributed by atoms with Crippen molar-refractivity contribution >= 4 is 10.1 Å². The van der Waals surface area contributed by atoms with Crippen LogP contribution in [0.4, 0.5) is 13.2 Å². The zero-order chi connectivity index (χ0) is 24.2. The van der Waals surface area contributed by atoms with Crippen LogP contribution in [0.15, 0.2) is 11.8 Å². The molecule has 0 aromatic carbocycles. The highest BCUT2D eigenvalue weighted by atomic mass is 32.2. The third-order valence-corrected chi connectivity index (χ3v) is 12.3. The van der Waals surface area contributed by atoms with E-state index in [1.165, 1.54) is 0 Å². The van der Waals surface area contributed by atoms with E-state index in [2.05, 4.69) is 34.6 Å². The van der Waals surface area contributed by atoms with E-state index in [1.54, 1.807) is 6.08 Å². The summed E-state index contributed by atoms with van der Waals surface area (Å²) in [5.41, 5.74) is -7.22. The summed E-state index contributed by atoms with van der Waals surface area (Å²) in [4.78, 5) is 0. The smallest absolute Gasteiger partial charge is 0.393 e. The standard InChI is InChI=1S/C24H37F3O4S/c1-15-7-10-23(6)20(3)11-12-21(4)18(31-32(29,30)24(25,26)27)8-9-19(21,2)16(20)13-17(28)22(23,5)14-15/h8,15-17,28H,7,9-14H2,1-6H3/t15-,16-,17?,19-,20-,21+,22+,23+/m0/s1. The molecule has 4 aliphatic rings. The lowest BCUT2D eigenvalue weighted by molar-refractivity contribution is -0.270. The van der Waals surface area contributed by atoms with Gasteiger partial charge >= 0.3 is 15.6 Å². The average Bonchev–Trinajstić information content (AvgIpc) is 2.91. The fraction of sp³-hybridized carbons (Fsp3) is 0.917. The normalized spacial score (nSPS) is 51.3. The molecule has 3 saturated carbocycles. The zero-order valence-electron chi connectivity index (χ0n) is 20.0. The van der Waals surface area contributed by atoms with Gasteiger partial charge in [0.25, 0.3) is 0 Å². The van der Waals surface area contributed by atoms with Crippen LogP contribution in [-0.4, -0.2) is 25.1 Å². The lowest BCUT2D eigenvalue weighted by Gasteiger charge is -2.73. The molecule has 1 N–H and O–H groups in total. The summed E-state index contributed by atoms with van der Waals surface area (Å²) in [5.74, 6) is 0.513. The number of halogens is 3. The van der Waals surface area contributed by atoms with Gasteiger partial charge in [-0.2, -0.15) is 21.6 Å². The molecule has 32 heavy (non-hydrogen) atoms. The van der Waals surface area contributed by atoms with Crippen molar-refractivity contribution in [1.29, 1.82) is 0 Å². The molecule has 0 aromatic rings. The summed E-state index contributed by atoms with van der Waals surface area (Å²) in [5, 5.41) is 11.5. The number of aliphatic hydroxyl groups is 1. The van der Waals surface area contributed by atoms with Gasteiger partial charge in [-0.1, -0.05) is 48.0 Å². The second-order valence-electron chi connectivity index (χ2n) is 12.3. The first-order valence-corrected chi connectivity index (χ1v) is 13.2. The van der Waals surface area contributed by atoms with E-state index in [0.29, 0.717) is 25.2 Å². The van der Waals surface area contributed by atoms with Gasteiger partial charge in [-0.05, 0) is 78.1 Å². The Morgan fingerprint density at radius 2 is 1.66 bits per heavy atom. The van der Waals surface area contributed by atoms with Crippen LogP contribution in [0.1, 0.15) is 86.5 Å². The van der Waals surface area contributed by atoms with Gasteiger partial charge in [-0.15, -0.1) is 0 Å². The van der Waals surface area contributed by atoms with Crippen molar-refractivity contribution in [3.63, 3.8) is 0 Å². The number of allylic oxidation sites excluding steroid dienone is 2. The maximum Gasteiger partial charge on any atom is 0.534 e. The second-order valence-corrected chi connectivity index (χ2v) is 13.9. The van der Waals surface area contributed by atoms with Gasteiger partial charge in [0.05, 0.1) is 6.10 Å². The summed E-state index contributed by atoms with van der Waals surface area (Å²) in [6.45, 7) is 13.0. The Hall–Kier alpha value is -0.760. The van der Waals surface area contributed by atoms with Gasteiger partial charge in [-0.25, -0.2) is 0 Å². The highest BCUT2D eigenvalue weighted by Crippen LogP contribution is 2.78. The first-order chi connectivity index (χ1) is 14.4. The number of rotatable bonds is 2. The van der Waals surface area contributed by atoms with Crippen LogP contribution in [0.25, 0.3) is 0 Å². The van der Waals surface area contributed by atoms with Crippen molar-refractivity contribution in [1.82, 2.24) is 0 Å². The van der Waals surface area contributed by atoms with E-state index in [1.807, 2.05) is 6.92 Å². The Bertz CT molecular complexity index is 945. The number of hydrogen-bond acceptors (Lipinski definition) is 4. The lowest BCUT2D eigenvalue weighted by Crippen LogP contribution is -2.69. The van der Waals surface area contributed by atoms with E-state index in [9.17, 15) is 26.7 Å². The molecule has 0 heterocycles. The predicted octanol–water partition coefficient (Wildman–Crippen LogP) is 6.17. The minimum Gasteiger partial charge on any atom is -0.393 e. The van der Waals surface area contributed by atoms with Crippen LogP contribution in [0.5, 0.6) is 0 Å².